The van der Waals surface area contributed by atoms with Crippen LogP contribution in [-0.4, -0.2) is 12.9 Å². The molecule has 2 aromatic carbocycles. The zero-order chi connectivity index (χ0) is 14.1. The van der Waals surface area contributed by atoms with Gasteiger partial charge in [0.05, 0.1) is 7.11 Å². The second-order valence-electron chi connectivity index (χ2n) is 5.06. The van der Waals surface area contributed by atoms with Gasteiger partial charge in [-0.1, -0.05) is 18.2 Å². The Labute approximate surface area is 117 Å². The molecular formula is C17H15FO2. The maximum Gasteiger partial charge on any atom is 0.166 e. The van der Waals surface area contributed by atoms with Gasteiger partial charge in [0.25, 0.3) is 0 Å². The Morgan fingerprint density at radius 1 is 1.15 bits per heavy atom. The van der Waals surface area contributed by atoms with Crippen molar-refractivity contribution in [3.05, 3.63) is 65.5 Å². The number of Topliss-reactive ketones (excluding diaryl/α,β-unsaturated/α-hetero) is 1. The number of benzene rings is 2. The molecule has 102 valence electrons. The Hall–Kier alpha value is -2.16. The largest absolute Gasteiger partial charge is 0.496 e. The quantitative estimate of drug-likeness (QED) is 0.789. The van der Waals surface area contributed by atoms with Gasteiger partial charge < -0.3 is 4.74 Å². The number of carbonyl (C=O) groups excluding carboxylic acids is 1. The van der Waals surface area contributed by atoms with Gasteiger partial charge in [0.15, 0.2) is 5.78 Å². The van der Waals surface area contributed by atoms with Crippen molar-refractivity contribution in [1.29, 1.82) is 0 Å². The van der Waals surface area contributed by atoms with Gasteiger partial charge in [-0.05, 0) is 48.2 Å². The van der Waals surface area contributed by atoms with Crippen molar-refractivity contribution < 1.29 is 13.9 Å². The van der Waals surface area contributed by atoms with Gasteiger partial charge in [-0.25, -0.2) is 4.39 Å². The van der Waals surface area contributed by atoms with Gasteiger partial charge in [0, 0.05) is 11.5 Å². The first-order valence-corrected chi connectivity index (χ1v) is 6.63. The topological polar surface area (TPSA) is 26.3 Å². The Balaban J connectivity index is 1.78. The molecule has 1 aliphatic carbocycles. The summed E-state index contributed by atoms with van der Waals surface area (Å²) in [7, 11) is 1.64. The third-order valence-corrected chi connectivity index (χ3v) is 3.79. The minimum atomic E-state index is -0.321. The lowest BCUT2D eigenvalue weighted by Gasteiger charge is -2.07. The second-order valence-corrected chi connectivity index (χ2v) is 5.06. The van der Waals surface area contributed by atoms with E-state index in [-0.39, 0.29) is 23.4 Å². The molecule has 0 amide bonds. The second kappa shape index (κ2) is 5.08. The number of rotatable bonds is 4. The number of hydrogen-bond donors (Lipinski definition) is 0. The highest BCUT2D eigenvalue weighted by Crippen LogP contribution is 2.51. The van der Waals surface area contributed by atoms with Gasteiger partial charge in [-0.15, -0.1) is 0 Å². The fourth-order valence-corrected chi connectivity index (χ4v) is 2.63. The zero-order valence-electron chi connectivity index (χ0n) is 11.2. The summed E-state index contributed by atoms with van der Waals surface area (Å²) in [4.78, 5) is 12.3. The van der Waals surface area contributed by atoms with Gasteiger partial charge in [0.2, 0.25) is 0 Å². The molecule has 0 aromatic heterocycles. The van der Waals surface area contributed by atoms with E-state index in [0.717, 1.165) is 17.7 Å². The summed E-state index contributed by atoms with van der Waals surface area (Å²) in [5.41, 5.74) is 1.66. The third-order valence-electron chi connectivity index (χ3n) is 3.79. The van der Waals surface area contributed by atoms with Crippen LogP contribution in [0.5, 0.6) is 5.75 Å². The molecule has 0 radical (unpaired) electrons. The molecule has 0 heterocycles. The molecule has 1 saturated carbocycles. The highest BCUT2D eigenvalue weighted by molar-refractivity contribution is 6.00. The number of halogens is 1. The molecule has 0 aliphatic heterocycles. The molecule has 0 N–H and O–H groups in total. The lowest BCUT2D eigenvalue weighted by atomic mass is 10.0. The van der Waals surface area contributed by atoms with Gasteiger partial charge in [0.1, 0.15) is 11.6 Å². The molecule has 2 nitrogen and oxygen atoms in total. The lowest BCUT2D eigenvalue weighted by molar-refractivity contribution is 0.0965. The summed E-state index contributed by atoms with van der Waals surface area (Å²) in [5, 5.41) is 0. The van der Waals surface area contributed by atoms with Crippen LogP contribution < -0.4 is 4.74 Å². The van der Waals surface area contributed by atoms with Gasteiger partial charge in [-0.3, -0.25) is 4.79 Å². The van der Waals surface area contributed by atoms with Crippen LogP contribution in [0.25, 0.3) is 0 Å². The van der Waals surface area contributed by atoms with Crippen LogP contribution >= 0.6 is 0 Å². The smallest absolute Gasteiger partial charge is 0.166 e. The van der Waals surface area contributed by atoms with Crippen molar-refractivity contribution in [3.8, 4) is 5.75 Å². The average Bonchev–Trinajstić information content (AvgIpc) is 3.27. The normalized spacial score (nSPS) is 20.5. The van der Waals surface area contributed by atoms with Crippen molar-refractivity contribution in [2.24, 2.45) is 5.92 Å². The molecule has 3 rings (SSSR count). The van der Waals surface area contributed by atoms with Crippen LogP contribution in [0.4, 0.5) is 4.39 Å². The Morgan fingerprint density at radius 2 is 1.85 bits per heavy atom. The molecule has 0 saturated heterocycles. The molecule has 1 fully saturated rings. The van der Waals surface area contributed by atoms with Crippen LogP contribution in [0.2, 0.25) is 0 Å². The van der Waals surface area contributed by atoms with Crippen molar-refractivity contribution >= 4 is 5.78 Å². The van der Waals surface area contributed by atoms with Crippen LogP contribution in [0.1, 0.15) is 28.3 Å². The summed E-state index contributed by atoms with van der Waals surface area (Å²) in [6.45, 7) is 0. The molecule has 0 spiro atoms. The highest BCUT2D eigenvalue weighted by atomic mass is 19.1. The lowest BCUT2D eigenvalue weighted by Crippen LogP contribution is -2.03. The van der Waals surface area contributed by atoms with E-state index in [0.29, 0.717) is 5.56 Å². The SMILES string of the molecule is COc1ccccc1C1CC1C(=O)c1ccc(F)cc1. The number of ketones is 1. The summed E-state index contributed by atoms with van der Waals surface area (Å²) >= 11 is 0. The maximum absolute atomic E-state index is 12.9. The number of methoxy groups -OCH3 is 1. The molecule has 2 unspecified atom stereocenters. The number of para-hydroxylation sites is 1. The fourth-order valence-electron chi connectivity index (χ4n) is 2.63. The number of ether oxygens (including phenoxy) is 1. The van der Waals surface area contributed by atoms with Crippen molar-refractivity contribution in [1.82, 2.24) is 0 Å². The Bertz CT molecular complexity index is 634. The van der Waals surface area contributed by atoms with E-state index in [1.165, 1.54) is 12.1 Å². The summed E-state index contributed by atoms with van der Waals surface area (Å²) < 4.78 is 18.2. The van der Waals surface area contributed by atoms with Gasteiger partial charge >= 0.3 is 0 Å². The van der Waals surface area contributed by atoms with Crippen LogP contribution in [0.3, 0.4) is 0 Å². The predicted molar refractivity (Wildman–Crippen MR) is 74.6 cm³/mol. The fraction of sp³-hybridized carbons (Fsp3) is 0.235. The third kappa shape index (κ3) is 2.31. The summed E-state index contributed by atoms with van der Waals surface area (Å²) in [6, 6.07) is 13.5. The van der Waals surface area contributed by atoms with Crippen LogP contribution in [0.15, 0.2) is 48.5 Å². The minimum absolute atomic E-state index is 0.0169. The van der Waals surface area contributed by atoms with E-state index < -0.39 is 0 Å². The monoisotopic (exact) mass is 270 g/mol. The minimum Gasteiger partial charge on any atom is -0.496 e. The Morgan fingerprint density at radius 3 is 2.55 bits per heavy atom. The molecular weight excluding hydrogens is 255 g/mol. The van der Waals surface area contributed by atoms with E-state index in [4.69, 9.17) is 4.74 Å². The molecule has 3 heteroatoms. The van der Waals surface area contributed by atoms with E-state index in [2.05, 4.69) is 0 Å². The average molecular weight is 270 g/mol. The van der Waals surface area contributed by atoms with Crippen LogP contribution in [-0.2, 0) is 0 Å². The molecule has 1 aliphatic rings. The Kier molecular flexibility index (Phi) is 3.26. The van der Waals surface area contributed by atoms with Crippen molar-refractivity contribution in [2.45, 2.75) is 12.3 Å². The predicted octanol–water partition coefficient (Wildman–Crippen LogP) is 3.82. The van der Waals surface area contributed by atoms with Crippen LogP contribution in [0, 0.1) is 11.7 Å². The highest BCUT2D eigenvalue weighted by Gasteiger charge is 2.45. The zero-order valence-corrected chi connectivity index (χ0v) is 11.2. The first-order valence-electron chi connectivity index (χ1n) is 6.63. The van der Waals surface area contributed by atoms with Gasteiger partial charge in [-0.2, -0.15) is 0 Å². The van der Waals surface area contributed by atoms with E-state index in [9.17, 15) is 9.18 Å². The van der Waals surface area contributed by atoms with E-state index in [1.807, 2.05) is 24.3 Å². The first-order chi connectivity index (χ1) is 9.70. The summed E-state index contributed by atoms with van der Waals surface area (Å²) in [5.74, 6) is 0.784. The van der Waals surface area contributed by atoms with E-state index in [1.54, 1.807) is 19.2 Å². The van der Waals surface area contributed by atoms with Crippen molar-refractivity contribution in [3.63, 3.8) is 0 Å². The number of hydrogen-bond acceptors (Lipinski definition) is 2. The summed E-state index contributed by atoms with van der Waals surface area (Å²) in [6.07, 6.45) is 0.830. The maximum atomic E-state index is 12.9. The van der Waals surface area contributed by atoms with E-state index >= 15 is 0 Å². The molecule has 20 heavy (non-hydrogen) atoms. The number of carbonyl (C=O) groups is 1. The molecule has 2 aromatic rings. The first kappa shape index (κ1) is 12.9. The molecule has 0 bridgehead atoms. The standard InChI is InChI=1S/C17H15FO2/c1-20-16-5-3-2-4-13(16)14-10-15(14)17(19)11-6-8-12(18)9-7-11/h2-9,14-15H,10H2,1H3. The molecule has 2 atom stereocenters. The van der Waals surface area contributed by atoms with Crippen molar-refractivity contribution in [2.75, 3.05) is 7.11 Å².